The fourth-order valence-electron chi connectivity index (χ4n) is 3.10. The number of nitrogens with zero attached hydrogens (tertiary/aromatic N) is 2. The molecule has 7 heteroatoms. The van der Waals surface area contributed by atoms with Crippen molar-refractivity contribution in [2.45, 2.75) is 25.5 Å². The van der Waals surface area contributed by atoms with Crippen LogP contribution in [0.3, 0.4) is 0 Å². The molecule has 0 bridgehead atoms. The van der Waals surface area contributed by atoms with E-state index in [1.54, 1.807) is 17.1 Å². The number of pyridine rings is 1. The number of carbonyl (C=O) groups is 1. The molecule has 2 unspecified atom stereocenters. The van der Waals surface area contributed by atoms with Crippen LogP contribution in [0, 0.1) is 11.3 Å². The Balaban J connectivity index is 1.35. The van der Waals surface area contributed by atoms with Gasteiger partial charge in [0.2, 0.25) is 0 Å². The average molecular weight is 336 g/mol. The Labute approximate surface area is 139 Å². The van der Waals surface area contributed by atoms with Gasteiger partial charge in [-0.15, -0.1) is 0 Å². The predicted octanol–water partition coefficient (Wildman–Crippen LogP) is 2.50. The summed E-state index contributed by atoms with van der Waals surface area (Å²) >= 11 is 6.05. The van der Waals surface area contributed by atoms with Crippen LogP contribution >= 0.6 is 11.6 Å². The molecular formula is C16H18ClN3O3. The van der Waals surface area contributed by atoms with Gasteiger partial charge in [-0.1, -0.05) is 11.6 Å². The van der Waals surface area contributed by atoms with E-state index in [1.807, 2.05) is 12.3 Å². The third kappa shape index (κ3) is 2.82. The van der Waals surface area contributed by atoms with Crippen LogP contribution in [0.25, 0.3) is 0 Å². The van der Waals surface area contributed by atoms with Crippen molar-refractivity contribution >= 4 is 23.4 Å². The zero-order valence-electron chi connectivity index (χ0n) is 12.8. The number of halogens is 1. The van der Waals surface area contributed by atoms with E-state index in [2.05, 4.69) is 15.1 Å². The monoisotopic (exact) mass is 335 g/mol. The molecule has 1 aliphatic heterocycles. The van der Waals surface area contributed by atoms with E-state index < -0.39 is 5.97 Å². The first kappa shape index (κ1) is 14.9. The summed E-state index contributed by atoms with van der Waals surface area (Å²) in [5, 5.41) is 1.85. The molecule has 1 N–H and O–H groups in total. The van der Waals surface area contributed by atoms with Crippen LogP contribution in [0.4, 0.5) is 5.82 Å². The summed E-state index contributed by atoms with van der Waals surface area (Å²) in [5.74, 6) is 0.826. The molecule has 23 heavy (non-hydrogen) atoms. The van der Waals surface area contributed by atoms with Gasteiger partial charge < -0.3 is 9.47 Å². The lowest BCUT2D eigenvalue weighted by Crippen LogP contribution is -2.37. The molecule has 2 aliphatic carbocycles. The second-order valence-electron chi connectivity index (χ2n) is 6.36. The zero-order chi connectivity index (χ0) is 16.0. The Bertz CT molecular complexity index is 675. The first-order valence-corrected chi connectivity index (χ1v) is 8.09. The number of carbonyl (C=O) groups excluding carboxylic acids is 1. The maximum absolute atomic E-state index is 11.5. The third-order valence-electron chi connectivity index (χ3n) is 4.89. The number of esters is 1. The summed E-state index contributed by atoms with van der Waals surface area (Å²) in [6, 6.07) is 3.30. The van der Waals surface area contributed by atoms with Crippen LogP contribution in [-0.4, -0.2) is 30.9 Å². The van der Waals surface area contributed by atoms with Crippen LogP contribution in [-0.2, 0) is 9.47 Å². The lowest BCUT2D eigenvalue weighted by Gasteiger charge is -2.19. The molecule has 2 heterocycles. The molecular weight excluding hydrogens is 318 g/mol. The van der Waals surface area contributed by atoms with Gasteiger partial charge in [-0.05, 0) is 48.8 Å². The van der Waals surface area contributed by atoms with E-state index >= 15 is 0 Å². The second-order valence-corrected chi connectivity index (χ2v) is 6.72. The van der Waals surface area contributed by atoms with Crippen LogP contribution in [0.5, 0.6) is 0 Å². The predicted molar refractivity (Wildman–Crippen MR) is 84.9 cm³/mol. The van der Waals surface area contributed by atoms with E-state index in [9.17, 15) is 4.79 Å². The van der Waals surface area contributed by atoms with Gasteiger partial charge in [0, 0.05) is 6.20 Å². The van der Waals surface area contributed by atoms with Gasteiger partial charge in [-0.3, -0.25) is 5.01 Å². The highest BCUT2D eigenvalue weighted by atomic mass is 35.5. The van der Waals surface area contributed by atoms with Gasteiger partial charge in [-0.25, -0.2) is 9.78 Å². The van der Waals surface area contributed by atoms with Crippen LogP contribution < -0.4 is 10.4 Å². The quantitative estimate of drug-likeness (QED) is 0.659. The maximum Gasteiger partial charge on any atom is 0.341 e. The standard InChI is InChI=1S/C16H18ClN3O3/c1-22-15(21)11-2-3-12(18-14(11)17)20-7-4-13(19-20)23-9-10-8-16(10)5-6-16/h2-4,7,10,13,19H,5-6,8-9H2,1H3. The Kier molecular flexibility index (Phi) is 3.55. The number of hydrazine groups is 1. The topological polar surface area (TPSA) is 63.7 Å². The Morgan fingerprint density at radius 3 is 3.00 bits per heavy atom. The Hall–Kier alpha value is -1.63. The summed E-state index contributed by atoms with van der Waals surface area (Å²) in [4.78, 5) is 15.7. The van der Waals surface area contributed by atoms with Gasteiger partial charge in [0.05, 0.1) is 19.3 Å². The van der Waals surface area contributed by atoms with Crippen molar-refractivity contribution in [1.29, 1.82) is 0 Å². The molecule has 0 saturated heterocycles. The molecule has 2 saturated carbocycles. The van der Waals surface area contributed by atoms with E-state index in [1.165, 1.54) is 26.4 Å². The molecule has 2 atom stereocenters. The van der Waals surface area contributed by atoms with E-state index in [4.69, 9.17) is 16.3 Å². The van der Waals surface area contributed by atoms with E-state index in [-0.39, 0.29) is 16.9 Å². The summed E-state index contributed by atoms with van der Waals surface area (Å²) < 4.78 is 10.5. The number of ether oxygens (including phenoxy) is 2. The summed E-state index contributed by atoms with van der Waals surface area (Å²) in [6.45, 7) is 0.797. The smallest absolute Gasteiger partial charge is 0.341 e. The zero-order valence-corrected chi connectivity index (χ0v) is 13.5. The fourth-order valence-corrected chi connectivity index (χ4v) is 3.33. The second kappa shape index (κ2) is 5.47. The van der Waals surface area contributed by atoms with Crippen molar-refractivity contribution in [1.82, 2.24) is 10.4 Å². The molecule has 6 nitrogen and oxygen atoms in total. The normalized spacial score (nSPS) is 26.6. The lowest BCUT2D eigenvalue weighted by atomic mass is 10.3. The van der Waals surface area contributed by atoms with Gasteiger partial charge in [0.1, 0.15) is 17.2 Å². The number of hydrogen-bond donors (Lipinski definition) is 1. The largest absolute Gasteiger partial charge is 0.465 e. The van der Waals surface area contributed by atoms with Gasteiger partial charge >= 0.3 is 5.97 Å². The van der Waals surface area contributed by atoms with Crippen molar-refractivity contribution in [3.05, 3.63) is 35.1 Å². The van der Waals surface area contributed by atoms with Gasteiger partial charge in [0.25, 0.3) is 0 Å². The minimum atomic E-state index is -0.501. The van der Waals surface area contributed by atoms with Crippen molar-refractivity contribution < 1.29 is 14.3 Å². The summed E-state index contributed by atoms with van der Waals surface area (Å²) in [7, 11) is 1.31. The SMILES string of the molecule is COC(=O)c1ccc(N2C=CC(OCC3CC34CC4)N2)nc1Cl. The molecule has 122 valence electrons. The number of nitrogens with one attached hydrogen (secondary N) is 1. The minimum Gasteiger partial charge on any atom is -0.465 e. The van der Waals surface area contributed by atoms with E-state index in [0.29, 0.717) is 11.2 Å². The molecule has 1 aromatic rings. The first-order chi connectivity index (χ1) is 11.1. The number of hydrogen-bond acceptors (Lipinski definition) is 6. The number of rotatable bonds is 5. The summed E-state index contributed by atoms with van der Waals surface area (Å²) in [5.41, 5.74) is 4.09. The number of aromatic nitrogens is 1. The highest BCUT2D eigenvalue weighted by molar-refractivity contribution is 6.32. The number of methoxy groups -OCH3 is 1. The molecule has 1 spiro atoms. The molecule has 0 aromatic carbocycles. The van der Waals surface area contributed by atoms with Crippen LogP contribution in [0.1, 0.15) is 29.6 Å². The minimum absolute atomic E-state index is 0.113. The number of anilines is 1. The van der Waals surface area contributed by atoms with Crippen molar-refractivity contribution in [2.24, 2.45) is 11.3 Å². The van der Waals surface area contributed by atoms with Crippen molar-refractivity contribution in [3.8, 4) is 0 Å². The molecule has 0 radical (unpaired) electrons. The first-order valence-electron chi connectivity index (χ1n) is 7.71. The van der Waals surface area contributed by atoms with Crippen LogP contribution in [0.2, 0.25) is 5.15 Å². The van der Waals surface area contributed by atoms with Gasteiger partial charge in [0.15, 0.2) is 0 Å². The third-order valence-corrected chi connectivity index (χ3v) is 5.18. The summed E-state index contributed by atoms with van der Waals surface area (Å²) in [6.07, 6.45) is 7.69. The van der Waals surface area contributed by atoms with Crippen molar-refractivity contribution in [2.75, 3.05) is 18.7 Å². The fraction of sp³-hybridized carbons (Fsp3) is 0.500. The Morgan fingerprint density at radius 1 is 1.52 bits per heavy atom. The Morgan fingerprint density at radius 2 is 2.35 bits per heavy atom. The van der Waals surface area contributed by atoms with E-state index in [0.717, 1.165) is 12.5 Å². The molecule has 0 amide bonds. The molecule has 1 aromatic heterocycles. The molecule has 2 fully saturated rings. The highest BCUT2D eigenvalue weighted by Crippen LogP contribution is 2.70. The lowest BCUT2D eigenvalue weighted by molar-refractivity contribution is 0.0572. The molecule has 4 rings (SSSR count). The van der Waals surface area contributed by atoms with Crippen molar-refractivity contribution in [3.63, 3.8) is 0 Å². The van der Waals surface area contributed by atoms with Gasteiger partial charge in [-0.2, -0.15) is 5.43 Å². The maximum atomic E-state index is 11.5. The average Bonchev–Trinajstić information content (AvgIpc) is 3.43. The van der Waals surface area contributed by atoms with Crippen LogP contribution in [0.15, 0.2) is 24.4 Å². The highest BCUT2D eigenvalue weighted by Gasteiger charge is 2.62. The molecule has 3 aliphatic rings.